The van der Waals surface area contributed by atoms with E-state index in [2.05, 4.69) is 38.7 Å². The minimum Gasteiger partial charge on any atom is -0.493 e. The van der Waals surface area contributed by atoms with Crippen molar-refractivity contribution in [1.82, 2.24) is 15.5 Å². The van der Waals surface area contributed by atoms with Crippen LogP contribution in [0.4, 0.5) is 0 Å². The van der Waals surface area contributed by atoms with E-state index in [0.29, 0.717) is 12.0 Å². The SMILES string of the molecule is CN=C(NCC1CCOc2ccccc21)NC1CCN(C2CC2)CC1. The number of benzene rings is 1. The molecule has 136 valence electrons. The summed E-state index contributed by atoms with van der Waals surface area (Å²) in [5.41, 5.74) is 1.31. The molecule has 1 saturated carbocycles. The van der Waals surface area contributed by atoms with E-state index in [1.165, 1.54) is 44.3 Å². The first-order valence-electron chi connectivity index (χ1n) is 9.76. The molecule has 25 heavy (non-hydrogen) atoms. The van der Waals surface area contributed by atoms with Gasteiger partial charge < -0.3 is 20.3 Å². The van der Waals surface area contributed by atoms with Gasteiger partial charge in [0.2, 0.25) is 0 Å². The van der Waals surface area contributed by atoms with Crippen molar-refractivity contribution in [1.29, 1.82) is 0 Å². The molecule has 0 amide bonds. The first kappa shape index (κ1) is 16.7. The molecule has 2 N–H and O–H groups in total. The lowest BCUT2D eigenvalue weighted by molar-refractivity contribution is 0.197. The molecule has 1 saturated heterocycles. The number of hydrogen-bond donors (Lipinski definition) is 2. The Kier molecular flexibility index (Phi) is 5.11. The van der Waals surface area contributed by atoms with Gasteiger partial charge in [0, 0.05) is 44.7 Å². The molecule has 5 heteroatoms. The van der Waals surface area contributed by atoms with Crippen molar-refractivity contribution in [3.63, 3.8) is 0 Å². The van der Waals surface area contributed by atoms with Gasteiger partial charge in [-0.25, -0.2) is 0 Å². The normalized spacial score (nSPS) is 25.2. The van der Waals surface area contributed by atoms with Crippen LogP contribution in [0.15, 0.2) is 29.3 Å². The maximum absolute atomic E-state index is 5.76. The van der Waals surface area contributed by atoms with Crippen LogP contribution in [0.25, 0.3) is 0 Å². The van der Waals surface area contributed by atoms with Gasteiger partial charge in [-0.1, -0.05) is 18.2 Å². The molecule has 1 aromatic carbocycles. The zero-order valence-corrected chi connectivity index (χ0v) is 15.2. The lowest BCUT2D eigenvalue weighted by Gasteiger charge is -2.33. The van der Waals surface area contributed by atoms with Crippen molar-refractivity contribution in [3.05, 3.63) is 29.8 Å². The van der Waals surface area contributed by atoms with Crippen LogP contribution in [0, 0.1) is 0 Å². The molecule has 2 fully saturated rings. The Hall–Kier alpha value is -1.75. The average molecular weight is 342 g/mol. The van der Waals surface area contributed by atoms with E-state index < -0.39 is 0 Å². The van der Waals surface area contributed by atoms with E-state index in [1.807, 2.05) is 13.1 Å². The summed E-state index contributed by atoms with van der Waals surface area (Å²) in [6, 6.07) is 9.84. The number of hydrogen-bond acceptors (Lipinski definition) is 3. The van der Waals surface area contributed by atoms with Crippen LogP contribution in [0.1, 0.15) is 43.6 Å². The summed E-state index contributed by atoms with van der Waals surface area (Å²) in [6.07, 6.45) is 6.32. The largest absolute Gasteiger partial charge is 0.493 e. The molecule has 1 atom stereocenters. The number of nitrogens with one attached hydrogen (secondary N) is 2. The van der Waals surface area contributed by atoms with Gasteiger partial charge in [-0.2, -0.15) is 0 Å². The highest BCUT2D eigenvalue weighted by Crippen LogP contribution is 2.32. The number of guanidine groups is 1. The quantitative estimate of drug-likeness (QED) is 0.651. The van der Waals surface area contributed by atoms with Crippen molar-refractivity contribution >= 4 is 5.96 Å². The van der Waals surface area contributed by atoms with Crippen LogP contribution < -0.4 is 15.4 Å². The summed E-state index contributed by atoms with van der Waals surface area (Å²) >= 11 is 0. The third kappa shape index (κ3) is 4.09. The molecule has 0 radical (unpaired) electrons. The smallest absolute Gasteiger partial charge is 0.191 e. The van der Waals surface area contributed by atoms with Gasteiger partial charge >= 0.3 is 0 Å². The van der Waals surface area contributed by atoms with E-state index in [4.69, 9.17) is 4.74 Å². The van der Waals surface area contributed by atoms with Crippen LogP contribution in [0.2, 0.25) is 0 Å². The van der Waals surface area contributed by atoms with Gasteiger partial charge in [0.1, 0.15) is 5.75 Å². The molecule has 0 bridgehead atoms. The summed E-state index contributed by atoms with van der Waals surface area (Å²) in [4.78, 5) is 7.10. The maximum atomic E-state index is 5.76. The first-order valence-corrected chi connectivity index (χ1v) is 9.76. The first-order chi connectivity index (χ1) is 12.3. The number of nitrogens with zero attached hydrogens (tertiary/aromatic N) is 2. The van der Waals surface area contributed by atoms with Gasteiger partial charge in [0.15, 0.2) is 5.96 Å². The topological polar surface area (TPSA) is 48.9 Å². The average Bonchev–Trinajstić information content (AvgIpc) is 3.51. The molecule has 2 heterocycles. The third-order valence-corrected chi connectivity index (χ3v) is 5.76. The number of rotatable bonds is 4. The fourth-order valence-electron chi connectivity index (χ4n) is 4.08. The molecule has 3 aliphatic rings. The lowest BCUT2D eigenvalue weighted by atomic mass is 9.93. The van der Waals surface area contributed by atoms with Gasteiger partial charge in [0.25, 0.3) is 0 Å². The molecule has 1 aromatic rings. The van der Waals surface area contributed by atoms with E-state index >= 15 is 0 Å². The van der Waals surface area contributed by atoms with Crippen LogP contribution in [-0.4, -0.2) is 56.2 Å². The molecular formula is C20H30N4O. The van der Waals surface area contributed by atoms with Gasteiger partial charge in [-0.3, -0.25) is 4.99 Å². The Labute approximate surface area is 150 Å². The number of para-hydroxylation sites is 1. The number of likely N-dealkylation sites (tertiary alicyclic amines) is 1. The van der Waals surface area contributed by atoms with Crippen molar-refractivity contribution in [2.45, 2.75) is 50.1 Å². The molecule has 0 spiro atoms. The van der Waals surface area contributed by atoms with Crippen molar-refractivity contribution in [2.75, 3.05) is 33.3 Å². The molecule has 4 rings (SSSR count). The Morgan fingerprint density at radius 1 is 1.16 bits per heavy atom. The van der Waals surface area contributed by atoms with Gasteiger partial charge in [-0.15, -0.1) is 0 Å². The van der Waals surface area contributed by atoms with Gasteiger partial charge in [-0.05, 0) is 43.7 Å². The molecular weight excluding hydrogens is 312 g/mol. The third-order valence-electron chi connectivity index (χ3n) is 5.76. The highest BCUT2D eigenvalue weighted by atomic mass is 16.5. The van der Waals surface area contributed by atoms with Crippen LogP contribution >= 0.6 is 0 Å². The standard InChI is InChI=1S/C20H30N4O/c1-21-20(23-16-8-11-24(12-9-16)17-6-7-17)22-14-15-10-13-25-19-5-3-2-4-18(15)19/h2-5,15-17H,6-14H2,1H3,(H2,21,22,23). The van der Waals surface area contributed by atoms with Crippen molar-refractivity contribution in [3.8, 4) is 5.75 Å². The molecule has 0 aromatic heterocycles. The second-order valence-corrected chi connectivity index (χ2v) is 7.51. The van der Waals surface area contributed by atoms with E-state index in [-0.39, 0.29) is 0 Å². The fourth-order valence-corrected chi connectivity index (χ4v) is 4.08. The number of ether oxygens (including phenoxy) is 1. The highest BCUT2D eigenvalue weighted by Gasteiger charge is 2.32. The maximum Gasteiger partial charge on any atom is 0.191 e. The summed E-state index contributed by atoms with van der Waals surface area (Å²) in [6.45, 7) is 4.16. The van der Waals surface area contributed by atoms with Gasteiger partial charge in [0.05, 0.1) is 6.61 Å². The molecule has 2 aliphatic heterocycles. The second-order valence-electron chi connectivity index (χ2n) is 7.51. The summed E-state index contributed by atoms with van der Waals surface area (Å²) in [7, 11) is 1.87. The van der Waals surface area contributed by atoms with Crippen LogP contribution in [0.5, 0.6) is 5.75 Å². The summed E-state index contributed by atoms with van der Waals surface area (Å²) < 4.78 is 5.76. The number of fused-ring (bicyclic) bond motifs is 1. The summed E-state index contributed by atoms with van der Waals surface area (Å²) in [5, 5.41) is 7.17. The Morgan fingerprint density at radius 2 is 1.96 bits per heavy atom. The van der Waals surface area contributed by atoms with E-state index in [9.17, 15) is 0 Å². The highest BCUT2D eigenvalue weighted by molar-refractivity contribution is 5.80. The van der Waals surface area contributed by atoms with Crippen molar-refractivity contribution in [2.24, 2.45) is 4.99 Å². The van der Waals surface area contributed by atoms with E-state index in [1.54, 1.807) is 0 Å². The lowest BCUT2D eigenvalue weighted by Crippen LogP contribution is -2.49. The van der Waals surface area contributed by atoms with Crippen LogP contribution in [-0.2, 0) is 0 Å². The Balaban J connectivity index is 1.27. The zero-order chi connectivity index (χ0) is 17.1. The van der Waals surface area contributed by atoms with Crippen molar-refractivity contribution < 1.29 is 4.74 Å². The Bertz CT molecular complexity index is 605. The zero-order valence-electron chi connectivity index (χ0n) is 15.2. The molecule has 1 unspecified atom stereocenters. The minimum absolute atomic E-state index is 0.486. The monoisotopic (exact) mass is 342 g/mol. The summed E-state index contributed by atoms with van der Waals surface area (Å²) in [5.74, 6) is 2.46. The molecule has 5 nitrogen and oxygen atoms in total. The molecule has 1 aliphatic carbocycles. The predicted octanol–water partition coefficient (Wildman–Crippen LogP) is 2.34. The second kappa shape index (κ2) is 7.65. The number of aliphatic imine (C=N–C) groups is 1. The van der Waals surface area contributed by atoms with E-state index in [0.717, 1.165) is 37.3 Å². The predicted molar refractivity (Wildman–Crippen MR) is 101 cm³/mol. The number of piperidine rings is 1. The minimum atomic E-state index is 0.486. The van der Waals surface area contributed by atoms with Crippen LogP contribution in [0.3, 0.4) is 0 Å². The fraction of sp³-hybridized carbons (Fsp3) is 0.650. The Morgan fingerprint density at radius 3 is 2.72 bits per heavy atom.